The molecule has 1 heterocycles. The molecule has 0 atom stereocenters. The Morgan fingerprint density at radius 1 is 0.957 bits per heavy atom. The van der Waals surface area contributed by atoms with Crippen molar-refractivity contribution in [1.29, 1.82) is 0 Å². The molecule has 23 heavy (non-hydrogen) atoms. The molecule has 0 unspecified atom stereocenters. The van der Waals surface area contributed by atoms with Gasteiger partial charge in [0.05, 0.1) is 26.4 Å². The van der Waals surface area contributed by atoms with Crippen LogP contribution in [0.3, 0.4) is 0 Å². The second-order valence-electron chi connectivity index (χ2n) is 5.50. The highest BCUT2D eigenvalue weighted by Crippen LogP contribution is 2.35. The summed E-state index contributed by atoms with van der Waals surface area (Å²) in [6.07, 6.45) is 2.32. The van der Waals surface area contributed by atoms with E-state index in [0.717, 1.165) is 25.9 Å². The number of Topliss-reactive ketones (excluding diaryl/α,β-unsaturated/α-hetero) is 1. The van der Waals surface area contributed by atoms with E-state index in [2.05, 4.69) is 4.90 Å². The molecule has 0 amide bonds. The lowest BCUT2D eigenvalue weighted by Gasteiger charge is -2.19. The van der Waals surface area contributed by atoms with Gasteiger partial charge in [0.1, 0.15) is 22.8 Å². The first-order chi connectivity index (χ1) is 11.2. The Balaban J connectivity index is 2.33. The third-order valence-corrected chi connectivity index (χ3v) is 3.79. The van der Waals surface area contributed by atoms with Crippen molar-refractivity contribution in [3.8, 4) is 17.2 Å². The van der Waals surface area contributed by atoms with Crippen LogP contribution in [-0.2, 0) is 0 Å². The van der Waals surface area contributed by atoms with Crippen molar-refractivity contribution in [3.63, 3.8) is 0 Å². The summed E-state index contributed by atoms with van der Waals surface area (Å²) >= 11 is 0. The molecule has 0 N–H and O–H groups in total. The van der Waals surface area contributed by atoms with Crippen LogP contribution >= 0.6 is 0 Å². The van der Waals surface area contributed by atoms with Crippen LogP contribution in [0.1, 0.15) is 44.0 Å². The van der Waals surface area contributed by atoms with Crippen LogP contribution in [-0.4, -0.2) is 50.1 Å². The molecule has 2 rings (SSSR count). The molecular weight excluding hydrogens is 294 g/mol. The Kier molecular flexibility index (Phi) is 6.71. The van der Waals surface area contributed by atoms with Crippen molar-refractivity contribution >= 4 is 5.78 Å². The molecule has 0 aliphatic carbocycles. The van der Waals surface area contributed by atoms with Gasteiger partial charge in [-0.05, 0) is 46.7 Å². The van der Waals surface area contributed by atoms with Gasteiger partial charge in [-0.2, -0.15) is 0 Å². The summed E-state index contributed by atoms with van der Waals surface area (Å²) in [6, 6.07) is 3.57. The molecule has 5 heteroatoms. The minimum atomic E-state index is 0.0434. The number of nitrogens with zero attached hydrogens (tertiary/aromatic N) is 1. The predicted octanol–water partition coefficient (Wildman–Crippen LogP) is 3.16. The molecule has 1 aliphatic rings. The monoisotopic (exact) mass is 321 g/mol. The lowest BCUT2D eigenvalue weighted by Crippen LogP contribution is -2.27. The summed E-state index contributed by atoms with van der Waals surface area (Å²) in [5.41, 5.74) is 0.532. The summed E-state index contributed by atoms with van der Waals surface area (Å²) in [6.45, 7) is 9.65. The van der Waals surface area contributed by atoms with E-state index in [4.69, 9.17) is 14.2 Å². The summed E-state index contributed by atoms with van der Waals surface area (Å²) in [5.74, 6) is 1.80. The van der Waals surface area contributed by atoms with E-state index in [0.29, 0.717) is 49.2 Å². The highest BCUT2D eigenvalue weighted by molar-refractivity contribution is 6.03. The number of hydrogen-bond donors (Lipinski definition) is 0. The number of ketones is 1. The van der Waals surface area contributed by atoms with Gasteiger partial charge in [0.2, 0.25) is 0 Å². The Labute approximate surface area is 138 Å². The van der Waals surface area contributed by atoms with E-state index < -0.39 is 0 Å². The molecule has 1 aromatic rings. The molecule has 1 aliphatic heterocycles. The van der Waals surface area contributed by atoms with E-state index in [-0.39, 0.29) is 5.78 Å². The highest BCUT2D eigenvalue weighted by atomic mass is 16.5. The summed E-state index contributed by atoms with van der Waals surface area (Å²) in [7, 11) is 0. The van der Waals surface area contributed by atoms with Gasteiger partial charge in [-0.25, -0.2) is 0 Å². The number of hydrogen-bond acceptors (Lipinski definition) is 5. The average Bonchev–Trinajstić information content (AvgIpc) is 3.01. The van der Waals surface area contributed by atoms with E-state index in [9.17, 15) is 4.79 Å². The van der Waals surface area contributed by atoms with Crippen molar-refractivity contribution in [2.45, 2.75) is 33.6 Å². The van der Waals surface area contributed by atoms with E-state index in [1.807, 2.05) is 20.8 Å². The van der Waals surface area contributed by atoms with E-state index >= 15 is 0 Å². The van der Waals surface area contributed by atoms with Crippen molar-refractivity contribution in [2.24, 2.45) is 0 Å². The van der Waals surface area contributed by atoms with Crippen LogP contribution in [0.4, 0.5) is 0 Å². The SMILES string of the molecule is CCOc1cc(OCC)c(C(=O)CN2CCCC2)c(OCC)c1. The third kappa shape index (κ3) is 4.61. The zero-order chi connectivity index (χ0) is 16.7. The molecule has 5 nitrogen and oxygen atoms in total. The quantitative estimate of drug-likeness (QED) is 0.654. The van der Waals surface area contributed by atoms with Gasteiger partial charge in [0.15, 0.2) is 5.78 Å². The summed E-state index contributed by atoms with van der Waals surface area (Å²) in [5, 5.41) is 0. The Hall–Kier alpha value is -1.75. The van der Waals surface area contributed by atoms with Crippen molar-refractivity contribution in [1.82, 2.24) is 4.90 Å². The molecule has 0 radical (unpaired) electrons. The van der Waals surface area contributed by atoms with Crippen molar-refractivity contribution in [2.75, 3.05) is 39.5 Å². The number of carbonyl (C=O) groups is 1. The van der Waals surface area contributed by atoms with Gasteiger partial charge in [0.25, 0.3) is 0 Å². The maximum absolute atomic E-state index is 12.8. The van der Waals surface area contributed by atoms with Crippen LogP contribution in [0.25, 0.3) is 0 Å². The zero-order valence-electron chi connectivity index (χ0n) is 14.4. The first kappa shape index (κ1) is 17.6. The highest BCUT2D eigenvalue weighted by Gasteiger charge is 2.24. The van der Waals surface area contributed by atoms with Crippen LogP contribution in [0, 0.1) is 0 Å². The predicted molar refractivity (Wildman–Crippen MR) is 90.0 cm³/mol. The lowest BCUT2D eigenvalue weighted by atomic mass is 10.1. The summed E-state index contributed by atoms with van der Waals surface area (Å²) < 4.78 is 17.0. The van der Waals surface area contributed by atoms with Crippen molar-refractivity contribution < 1.29 is 19.0 Å². The Morgan fingerprint density at radius 3 is 1.96 bits per heavy atom. The van der Waals surface area contributed by atoms with Gasteiger partial charge in [-0.1, -0.05) is 0 Å². The number of rotatable bonds is 9. The number of ether oxygens (including phenoxy) is 3. The minimum absolute atomic E-state index is 0.0434. The number of carbonyl (C=O) groups excluding carboxylic acids is 1. The summed E-state index contributed by atoms with van der Waals surface area (Å²) in [4.78, 5) is 15.0. The Morgan fingerprint density at radius 2 is 1.48 bits per heavy atom. The zero-order valence-corrected chi connectivity index (χ0v) is 14.4. The smallest absolute Gasteiger partial charge is 0.184 e. The van der Waals surface area contributed by atoms with Crippen LogP contribution in [0.15, 0.2) is 12.1 Å². The normalized spacial score (nSPS) is 14.7. The largest absolute Gasteiger partial charge is 0.494 e. The first-order valence-corrected chi connectivity index (χ1v) is 8.51. The minimum Gasteiger partial charge on any atom is -0.494 e. The van der Waals surface area contributed by atoms with Crippen LogP contribution in [0.5, 0.6) is 17.2 Å². The van der Waals surface area contributed by atoms with Crippen molar-refractivity contribution in [3.05, 3.63) is 17.7 Å². The fourth-order valence-electron chi connectivity index (χ4n) is 2.85. The fraction of sp³-hybridized carbons (Fsp3) is 0.611. The number of benzene rings is 1. The van der Waals surface area contributed by atoms with E-state index in [1.165, 1.54) is 0 Å². The molecule has 128 valence electrons. The van der Waals surface area contributed by atoms with Gasteiger partial charge >= 0.3 is 0 Å². The fourth-order valence-corrected chi connectivity index (χ4v) is 2.85. The second kappa shape index (κ2) is 8.77. The van der Waals surface area contributed by atoms with Crippen LogP contribution < -0.4 is 14.2 Å². The molecule has 0 spiro atoms. The molecule has 0 aromatic heterocycles. The third-order valence-electron chi connectivity index (χ3n) is 3.79. The van der Waals surface area contributed by atoms with E-state index in [1.54, 1.807) is 12.1 Å². The molecular formula is C18H27NO4. The Bertz CT molecular complexity index is 497. The first-order valence-electron chi connectivity index (χ1n) is 8.51. The molecule has 0 bridgehead atoms. The van der Waals surface area contributed by atoms with Gasteiger partial charge in [-0.15, -0.1) is 0 Å². The van der Waals surface area contributed by atoms with Gasteiger partial charge in [-0.3, -0.25) is 9.69 Å². The standard InChI is InChI=1S/C18H27NO4/c1-4-21-14-11-16(22-5-2)18(17(12-14)23-6-3)15(20)13-19-9-7-8-10-19/h11-12H,4-10,13H2,1-3H3. The van der Waals surface area contributed by atoms with Crippen LogP contribution in [0.2, 0.25) is 0 Å². The molecule has 1 aromatic carbocycles. The van der Waals surface area contributed by atoms with Gasteiger partial charge < -0.3 is 14.2 Å². The molecule has 1 saturated heterocycles. The topological polar surface area (TPSA) is 48.0 Å². The maximum Gasteiger partial charge on any atom is 0.184 e. The second-order valence-corrected chi connectivity index (χ2v) is 5.50. The maximum atomic E-state index is 12.8. The molecule has 1 fully saturated rings. The number of likely N-dealkylation sites (tertiary alicyclic amines) is 1. The lowest BCUT2D eigenvalue weighted by molar-refractivity contribution is 0.0937. The average molecular weight is 321 g/mol. The molecule has 0 saturated carbocycles. The van der Waals surface area contributed by atoms with Gasteiger partial charge in [0, 0.05) is 12.1 Å².